The minimum atomic E-state index is -0.615. The lowest BCUT2D eigenvalue weighted by molar-refractivity contribution is -0.0786. The molecule has 0 amide bonds. The lowest BCUT2D eigenvalue weighted by Crippen LogP contribution is -2.60. The van der Waals surface area contributed by atoms with Crippen LogP contribution in [0.2, 0.25) is 0 Å². The van der Waals surface area contributed by atoms with Crippen molar-refractivity contribution in [1.29, 1.82) is 5.26 Å². The molecule has 1 spiro atoms. The number of rotatable bonds is 4. The van der Waals surface area contributed by atoms with Crippen LogP contribution in [0.1, 0.15) is 37.1 Å². The number of nitriles is 1. The van der Waals surface area contributed by atoms with Crippen molar-refractivity contribution in [2.24, 2.45) is 5.41 Å². The molecule has 2 N–H and O–H groups in total. The molecular formula is C30H32N4O3. The fourth-order valence-electron chi connectivity index (χ4n) is 6.33. The first-order valence-electron chi connectivity index (χ1n) is 12.8. The number of anilines is 1. The van der Waals surface area contributed by atoms with Crippen LogP contribution in [0.4, 0.5) is 5.82 Å². The molecule has 0 aliphatic carbocycles. The summed E-state index contributed by atoms with van der Waals surface area (Å²) in [4.78, 5) is 9.43. The van der Waals surface area contributed by atoms with E-state index in [1.54, 1.807) is 18.2 Å². The number of ether oxygens (including phenoxy) is 1. The fraction of sp³-hybridized carbons (Fsp3) is 0.400. The Balaban J connectivity index is 1.49. The number of fused-ring (bicyclic) bond motifs is 2. The maximum Gasteiger partial charge on any atom is 0.147 e. The zero-order chi connectivity index (χ0) is 25.9. The van der Waals surface area contributed by atoms with Crippen molar-refractivity contribution in [3.05, 3.63) is 65.9 Å². The average molecular weight is 497 g/mol. The van der Waals surface area contributed by atoms with Crippen molar-refractivity contribution in [3.8, 4) is 22.9 Å². The van der Waals surface area contributed by atoms with Crippen molar-refractivity contribution in [1.82, 2.24) is 9.88 Å². The van der Waals surface area contributed by atoms with Gasteiger partial charge in [0.15, 0.2) is 0 Å². The van der Waals surface area contributed by atoms with Gasteiger partial charge >= 0.3 is 0 Å². The molecule has 7 nitrogen and oxygen atoms in total. The molecule has 1 aromatic heterocycles. The van der Waals surface area contributed by atoms with E-state index in [2.05, 4.69) is 31.4 Å². The molecule has 3 aliphatic heterocycles. The monoisotopic (exact) mass is 496 g/mol. The van der Waals surface area contributed by atoms with Gasteiger partial charge in [-0.25, -0.2) is 4.98 Å². The van der Waals surface area contributed by atoms with E-state index in [4.69, 9.17) is 9.72 Å². The summed E-state index contributed by atoms with van der Waals surface area (Å²) >= 11 is 0. The molecule has 0 radical (unpaired) electrons. The van der Waals surface area contributed by atoms with Crippen LogP contribution in [0.15, 0.2) is 49.1 Å². The van der Waals surface area contributed by atoms with Crippen molar-refractivity contribution in [2.45, 2.75) is 45.1 Å². The van der Waals surface area contributed by atoms with Gasteiger partial charge in [-0.3, -0.25) is 4.90 Å². The van der Waals surface area contributed by atoms with Gasteiger partial charge in [0, 0.05) is 49.1 Å². The fourth-order valence-corrected chi connectivity index (χ4v) is 6.33. The summed E-state index contributed by atoms with van der Waals surface area (Å²) in [6.07, 6.45) is 2.61. The van der Waals surface area contributed by atoms with Gasteiger partial charge in [0.1, 0.15) is 29.4 Å². The van der Waals surface area contributed by atoms with Gasteiger partial charge < -0.3 is 19.8 Å². The second-order valence-electron chi connectivity index (χ2n) is 11.4. The lowest BCUT2D eigenvalue weighted by Gasteiger charge is -2.49. The van der Waals surface area contributed by atoms with Crippen molar-refractivity contribution in [3.63, 3.8) is 0 Å². The summed E-state index contributed by atoms with van der Waals surface area (Å²) in [5, 5.41) is 32.6. The van der Waals surface area contributed by atoms with E-state index in [1.165, 1.54) is 0 Å². The number of hydrogen-bond acceptors (Lipinski definition) is 7. The summed E-state index contributed by atoms with van der Waals surface area (Å²) in [7, 11) is 0. The number of nitrogens with zero attached hydrogens (tertiary/aromatic N) is 4. The molecule has 4 heterocycles. The predicted octanol–water partition coefficient (Wildman–Crippen LogP) is 4.35. The molecule has 2 fully saturated rings. The zero-order valence-corrected chi connectivity index (χ0v) is 21.4. The molecule has 3 aromatic rings. The largest absolute Gasteiger partial charge is 0.508 e. The summed E-state index contributed by atoms with van der Waals surface area (Å²) in [6, 6.07) is 13.9. The number of aliphatic hydroxyl groups is 1. The maximum absolute atomic E-state index is 10.5. The van der Waals surface area contributed by atoms with Crippen LogP contribution in [0.5, 0.6) is 5.75 Å². The number of likely N-dealkylation sites (tertiary alicyclic amines) is 1. The third-order valence-corrected chi connectivity index (χ3v) is 8.21. The summed E-state index contributed by atoms with van der Waals surface area (Å²) < 4.78 is 6.21. The number of aromatic hydroxyl groups is 1. The van der Waals surface area contributed by atoms with E-state index < -0.39 is 6.23 Å². The van der Waals surface area contributed by atoms with E-state index in [0.717, 1.165) is 71.6 Å². The van der Waals surface area contributed by atoms with Crippen molar-refractivity contribution >= 4 is 16.6 Å². The molecule has 3 aliphatic rings. The van der Waals surface area contributed by atoms with Gasteiger partial charge in [-0.1, -0.05) is 30.8 Å². The van der Waals surface area contributed by atoms with Crippen LogP contribution >= 0.6 is 0 Å². The molecule has 37 heavy (non-hydrogen) atoms. The highest BCUT2D eigenvalue weighted by Gasteiger charge is 2.49. The number of phenols is 1. The first-order valence-corrected chi connectivity index (χ1v) is 12.8. The highest BCUT2D eigenvalue weighted by molar-refractivity contribution is 6.00. The van der Waals surface area contributed by atoms with E-state index >= 15 is 0 Å². The number of hydrogen-bond donors (Lipinski definition) is 2. The summed E-state index contributed by atoms with van der Waals surface area (Å²) in [5.41, 5.74) is 4.11. The van der Waals surface area contributed by atoms with Gasteiger partial charge in [0.05, 0.1) is 17.9 Å². The van der Waals surface area contributed by atoms with Crippen LogP contribution in [0.3, 0.4) is 0 Å². The first-order chi connectivity index (χ1) is 17.7. The van der Waals surface area contributed by atoms with E-state index in [0.29, 0.717) is 18.6 Å². The molecule has 7 heteroatoms. The van der Waals surface area contributed by atoms with Crippen molar-refractivity contribution in [2.75, 3.05) is 31.1 Å². The van der Waals surface area contributed by atoms with E-state index in [9.17, 15) is 15.5 Å². The number of aromatic nitrogens is 1. The molecule has 6 rings (SSSR count). The highest BCUT2D eigenvalue weighted by atomic mass is 16.5. The minimum absolute atomic E-state index is 0.0911. The molecule has 1 unspecified atom stereocenters. The van der Waals surface area contributed by atoms with E-state index in [-0.39, 0.29) is 16.8 Å². The van der Waals surface area contributed by atoms with Gasteiger partial charge in [-0.05, 0) is 54.8 Å². The molecule has 0 bridgehead atoms. The average Bonchev–Trinajstić information content (AvgIpc) is 3.31. The van der Waals surface area contributed by atoms with Crippen LogP contribution in [0, 0.1) is 16.7 Å². The Morgan fingerprint density at radius 3 is 2.78 bits per heavy atom. The molecule has 2 saturated heterocycles. The third-order valence-electron chi connectivity index (χ3n) is 8.21. The normalized spacial score (nSPS) is 20.9. The molecule has 190 valence electrons. The van der Waals surface area contributed by atoms with Crippen molar-refractivity contribution < 1.29 is 14.9 Å². The SMILES string of the molecule is C=CC(O)N1CC2(CCN(c3nc4c(c(-c5cccc6cc(O)ccc56)c3C#N)COC(C)(C)C4)C2)C1. The highest BCUT2D eigenvalue weighted by Crippen LogP contribution is 2.46. The third kappa shape index (κ3) is 3.97. The Hall–Kier alpha value is -3.44. The van der Waals surface area contributed by atoms with Crippen LogP contribution in [-0.2, 0) is 17.8 Å². The van der Waals surface area contributed by atoms with Crippen LogP contribution < -0.4 is 4.90 Å². The number of benzene rings is 2. The Morgan fingerprint density at radius 1 is 1.22 bits per heavy atom. The second-order valence-corrected chi connectivity index (χ2v) is 11.4. The van der Waals surface area contributed by atoms with Crippen LogP contribution in [0.25, 0.3) is 21.9 Å². The summed E-state index contributed by atoms with van der Waals surface area (Å²) in [5.74, 6) is 0.954. The molecule has 0 saturated carbocycles. The van der Waals surface area contributed by atoms with Gasteiger partial charge in [0.2, 0.25) is 0 Å². The van der Waals surface area contributed by atoms with Gasteiger partial charge in [-0.2, -0.15) is 5.26 Å². The van der Waals surface area contributed by atoms with Gasteiger partial charge in [-0.15, -0.1) is 0 Å². The quantitative estimate of drug-likeness (QED) is 0.519. The number of phenolic OH excluding ortho intramolecular Hbond substituents is 1. The predicted molar refractivity (Wildman–Crippen MR) is 143 cm³/mol. The summed E-state index contributed by atoms with van der Waals surface area (Å²) in [6.45, 7) is 11.5. The first kappa shape index (κ1) is 23.9. The van der Waals surface area contributed by atoms with Crippen LogP contribution in [-0.4, -0.2) is 58.1 Å². The van der Waals surface area contributed by atoms with E-state index in [1.807, 2.05) is 29.2 Å². The topological polar surface area (TPSA) is 92.9 Å². The van der Waals surface area contributed by atoms with Gasteiger partial charge in [0.25, 0.3) is 0 Å². The molecular weight excluding hydrogens is 464 g/mol. The zero-order valence-electron chi connectivity index (χ0n) is 21.4. The standard InChI is InChI=1S/C30H32N4O3/c1-4-26(36)34-17-30(18-34)10-11-33(16-30)28-23(14-31)27(24-15-37-29(2,3)13-25(24)32-28)22-7-5-6-19-12-20(35)8-9-21(19)22/h4-9,12,26,35-36H,1,10-11,13,15-18H2,2-3H3. The Morgan fingerprint density at radius 2 is 2.03 bits per heavy atom. The Bertz CT molecular complexity index is 1450. The Labute approximate surface area is 217 Å². The Kier molecular flexibility index (Phi) is 5.53. The maximum atomic E-state index is 10.5. The molecule has 1 atom stereocenters. The molecule has 2 aromatic carbocycles. The number of aliphatic hydroxyl groups excluding tert-OH is 1. The number of pyridine rings is 1. The smallest absolute Gasteiger partial charge is 0.147 e. The lowest BCUT2D eigenvalue weighted by atomic mass is 9.79. The second kappa shape index (κ2) is 8.56. The minimum Gasteiger partial charge on any atom is -0.508 e.